The highest BCUT2D eigenvalue weighted by atomic mass is 79.9. The summed E-state index contributed by atoms with van der Waals surface area (Å²) in [7, 11) is -0.0977. The van der Waals surface area contributed by atoms with Gasteiger partial charge in [0.05, 0.1) is 13.2 Å². The molecule has 1 atom stereocenters. The normalized spacial score (nSPS) is 20.6. The monoisotopic (exact) mass is 366 g/mol. The van der Waals surface area contributed by atoms with Gasteiger partial charge >= 0.3 is 0 Å². The van der Waals surface area contributed by atoms with Crippen molar-refractivity contribution in [3.8, 4) is 0 Å². The summed E-state index contributed by atoms with van der Waals surface area (Å²) in [4.78, 5) is 0.195. The predicted molar refractivity (Wildman–Crippen MR) is 77.9 cm³/mol. The number of furan rings is 1. The van der Waals surface area contributed by atoms with Crippen molar-refractivity contribution >= 4 is 26.0 Å². The Morgan fingerprint density at radius 3 is 3.00 bits per heavy atom. The summed E-state index contributed by atoms with van der Waals surface area (Å²) in [6.07, 6.45) is 0.825. The van der Waals surface area contributed by atoms with Crippen molar-refractivity contribution in [2.45, 2.75) is 17.9 Å². The molecule has 2 heterocycles. The third-order valence-corrected chi connectivity index (χ3v) is 6.05. The summed E-state index contributed by atoms with van der Waals surface area (Å²) in [5.74, 6) is 0.850. The van der Waals surface area contributed by atoms with E-state index in [0.717, 1.165) is 6.42 Å². The molecular formula is C12H19BrN2O4S. The Kier molecular flexibility index (Phi) is 5.25. The summed E-state index contributed by atoms with van der Waals surface area (Å²) in [5, 5.41) is 2.93. The van der Waals surface area contributed by atoms with Gasteiger partial charge in [0, 0.05) is 26.3 Å². The molecule has 1 unspecified atom stereocenters. The van der Waals surface area contributed by atoms with E-state index in [0.29, 0.717) is 32.0 Å². The lowest BCUT2D eigenvalue weighted by Crippen LogP contribution is -2.29. The van der Waals surface area contributed by atoms with Gasteiger partial charge in [-0.2, -0.15) is 4.31 Å². The van der Waals surface area contributed by atoms with E-state index in [2.05, 4.69) is 21.2 Å². The number of nitrogens with one attached hydrogen (secondary N) is 1. The second-order valence-corrected chi connectivity index (χ2v) is 7.48. The van der Waals surface area contributed by atoms with E-state index in [-0.39, 0.29) is 15.5 Å². The number of sulfonamides is 1. The summed E-state index contributed by atoms with van der Waals surface area (Å²) in [6.45, 7) is 2.09. The lowest BCUT2D eigenvalue weighted by molar-refractivity contribution is 0.157. The molecule has 20 heavy (non-hydrogen) atoms. The Labute approximate surface area is 127 Å². The zero-order valence-corrected chi connectivity index (χ0v) is 14.0. The van der Waals surface area contributed by atoms with Crippen molar-refractivity contribution < 1.29 is 17.6 Å². The van der Waals surface area contributed by atoms with Crippen LogP contribution >= 0.6 is 15.9 Å². The molecule has 1 aromatic heterocycles. The molecule has 0 saturated carbocycles. The van der Waals surface area contributed by atoms with Gasteiger partial charge in [-0.15, -0.1) is 0 Å². The maximum absolute atomic E-state index is 12.6. The molecule has 0 amide bonds. The van der Waals surface area contributed by atoms with E-state index in [1.807, 2.05) is 0 Å². The first kappa shape index (κ1) is 16.0. The van der Waals surface area contributed by atoms with Gasteiger partial charge in [0.15, 0.2) is 4.67 Å². The van der Waals surface area contributed by atoms with Crippen LogP contribution in [0, 0.1) is 5.92 Å². The Hall–Kier alpha value is -0.410. The minimum atomic E-state index is -3.51. The summed E-state index contributed by atoms with van der Waals surface area (Å²) in [5.41, 5.74) is 0. The number of halogens is 1. The number of hydrogen-bond acceptors (Lipinski definition) is 5. The fourth-order valence-electron chi connectivity index (χ4n) is 2.36. The molecular weight excluding hydrogens is 348 g/mol. The Morgan fingerprint density at radius 2 is 2.35 bits per heavy atom. The molecule has 2 rings (SSSR count). The van der Waals surface area contributed by atoms with Gasteiger partial charge < -0.3 is 14.5 Å². The smallest absolute Gasteiger partial charge is 0.247 e. The Morgan fingerprint density at radius 1 is 1.60 bits per heavy atom. The van der Waals surface area contributed by atoms with E-state index in [4.69, 9.17) is 9.15 Å². The van der Waals surface area contributed by atoms with Crippen LogP contribution in [0.4, 0.5) is 0 Å². The van der Waals surface area contributed by atoms with Crippen molar-refractivity contribution in [3.63, 3.8) is 0 Å². The van der Waals surface area contributed by atoms with E-state index < -0.39 is 10.0 Å². The first-order chi connectivity index (χ1) is 9.48. The second kappa shape index (κ2) is 6.57. The largest absolute Gasteiger partial charge is 0.452 e. The number of rotatable bonds is 6. The Balaban J connectivity index is 2.18. The van der Waals surface area contributed by atoms with Crippen LogP contribution in [0.3, 0.4) is 0 Å². The maximum Gasteiger partial charge on any atom is 0.247 e. The van der Waals surface area contributed by atoms with Crippen LogP contribution in [0.5, 0.6) is 0 Å². The molecule has 1 aliphatic rings. The molecule has 8 heteroatoms. The van der Waals surface area contributed by atoms with E-state index in [1.165, 1.54) is 4.31 Å². The van der Waals surface area contributed by atoms with Gasteiger partial charge in [-0.3, -0.25) is 0 Å². The lowest BCUT2D eigenvalue weighted by Gasteiger charge is -2.15. The SMILES string of the molecule is CNCc1cc(S(=O)(=O)N2CCC(COC)C2)c(Br)o1. The van der Waals surface area contributed by atoms with Crippen LogP contribution < -0.4 is 5.32 Å². The average molecular weight is 367 g/mol. The molecule has 6 nitrogen and oxygen atoms in total. The molecule has 0 spiro atoms. The van der Waals surface area contributed by atoms with Crippen molar-refractivity contribution in [1.82, 2.24) is 9.62 Å². The number of nitrogens with zero attached hydrogens (tertiary/aromatic N) is 1. The summed E-state index contributed by atoms with van der Waals surface area (Å²) >= 11 is 3.19. The highest BCUT2D eigenvalue weighted by Gasteiger charge is 2.35. The standard InChI is InChI=1S/C12H19BrN2O4S/c1-14-6-10-5-11(12(13)19-10)20(16,17)15-4-3-9(7-15)8-18-2/h5,9,14H,3-4,6-8H2,1-2H3. The first-order valence-corrected chi connectivity index (χ1v) is 8.64. The van der Waals surface area contributed by atoms with Gasteiger partial charge in [0.2, 0.25) is 10.0 Å². The van der Waals surface area contributed by atoms with Crippen molar-refractivity contribution in [2.75, 3.05) is 33.9 Å². The zero-order valence-electron chi connectivity index (χ0n) is 11.6. The Bertz CT molecular complexity index is 558. The maximum atomic E-state index is 12.6. The average Bonchev–Trinajstić information content (AvgIpc) is 2.98. The highest BCUT2D eigenvalue weighted by Crippen LogP contribution is 2.31. The number of ether oxygens (including phenoxy) is 1. The molecule has 0 aromatic carbocycles. The van der Waals surface area contributed by atoms with Gasteiger partial charge in [-0.1, -0.05) is 0 Å². The van der Waals surface area contributed by atoms with Crippen LogP contribution in [-0.2, 0) is 21.3 Å². The van der Waals surface area contributed by atoms with Crippen LogP contribution in [-0.4, -0.2) is 46.6 Å². The van der Waals surface area contributed by atoms with Crippen molar-refractivity contribution in [1.29, 1.82) is 0 Å². The summed E-state index contributed by atoms with van der Waals surface area (Å²) < 4.78 is 37.4. The molecule has 1 saturated heterocycles. The predicted octanol–water partition coefficient (Wildman–Crippen LogP) is 1.42. The molecule has 1 aliphatic heterocycles. The number of hydrogen-bond donors (Lipinski definition) is 1. The van der Waals surface area contributed by atoms with Crippen molar-refractivity contribution in [2.24, 2.45) is 5.92 Å². The molecule has 0 bridgehead atoms. The third-order valence-electron chi connectivity index (χ3n) is 3.33. The molecule has 1 N–H and O–H groups in total. The highest BCUT2D eigenvalue weighted by molar-refractivity contribution is 9.10. The quantitative estimate of drug-likeness (QED) is 0.824. The van der Waals surface area contributed by atoms with Crippen LogP contribution in [0.1, 0.15) is 12.2 Å². The fourth-order valence-corrected chi connectivity index (χ4v) is 4.85. The van der Waals surface area contributed by atoms with Gasteiger partial charge in [-0.05, 0) is 35.3 Å². The minimum absolute atomic E-state index is 0.195. The minimum Gasteiger partial charge on any atom is -0.452 e. The molecule has 1 fully saturated rings. The van der Waals surface area contributed by atoms with Gasteiger partial charge in [0.1, 0.15) is 10.7 Å². The second-order valence-electron chi connectivity index (χ2n) is 4.85. The van der Waals surface area contributed by atoms with E-state index in [1.54, 1.807) is 20.2 Å². The van der Waals surface area contributed by atoms with E-state index >= 15 is 0 Å². The molecule has 114 valence electrons. The molecule has 1 aromatic rings. The third kappa shape index (κ3) is 3.25. The van der Waals surface area contributed by atoms with Crippen molar-refractivity contribution in [3.05, 3.63) is 16.5 Å². The van der Waals surface area contributed by atoms with Crippen LogP contribution in [0.15, 0.2) is 20.0 Å². The number of methoxy groups -OCH3 is 1. The fraction of sp³-hybridized carbons (Fsp3) is 0.667. The van der Waals surface area contributed by atoms with Gasteiger partial charge in [0.25, 0.3) is 0 Å². The summed E-state index contributed by atoms with van der Waals surface area (Å²) in [6, 6.07) is 1.57. The zero-order chi connectivity index (χ0) is 14.8. The van der Waals surface area contributed by atoms with Crippen LogP contribution in [0.2, 0.25) is 0 Å². The van der Waals surface area contributed by atoms with E-state index in [9.17, 15) is 8.42 Å². The van der Waals surface area contributed by atoms with Crippen LogP contribution in [0.25, 0.3) is 0 Å². The molecule has 0 radical (unpaired) electrons. The molecule has 0 aliphatic carbocycles. The lowest BCUT2D eigenvalue weighted by atomic mass is 10.1. The first-order valence-electron chi connectivity index (χ1n) is 6.41. The van der Waals surface area contributed by atoms with Gasteiger partial charge in [-0.25, -0.2) is 8.42 Å². The topological polar surface area (TPSA) is 71.8 Å².